The van der Waals surface area contributed by atoms with Crippen molar-refractivity contribution in [3.8, 4) is 0 Å². The first-order chi connectivity index (χ1) is 10.6. The van der Waals surface area contributed by atoms with Gasteiger partial charge in [0.15, 0.2) is 6.61 Å². The molecule has 0 saturated carbocycles. The number of hydrogen-bond donors (Lipinski definition) is 0. The van der Waals surface area contributed by atoms with E-state index in [1.54, 1.807) is 0 Å². The third kappa shape index (κ3) is 4.64. The zero-order chi connectivity index (χ0) is 17.8. The molecular weight excluding hydrogens is 348 g/mol. The molecule has 0 aromatic heterocycles. The van der Waals surface area contributed by atoms with Crippen molar-refractivity contribution in [3.05, 3.63) is 28.8 Å². The molecular formula is C13H17ClN2O6S. The number of carbonyl (C=O) groups excluding carboxylic acids is 2. The number of esters is 1. The third-order valence-corrected chi connectivity index (χ3v) is 4.88. The van der Waals surface area contributed by atoms with E-state index in [0.717, 1.165) is 6.07 Å². The Balaban J connectivity index is 3.07. The minimum atomic E-state index is -3.94. The predicted molar refractivity (Wildman–Crippen MR) is 82.4 cm³/mol. The van der Waals surface area contributed by atoms with Crippen molar-refractivity contribution in [2.45, 2.75) is 4.90 Å². The average Bonchev–Trinajstić information content (AvgIpc) is 2.51. The van der Waals surface area contributed by atoms with Gasteiger partial charge in [-0.15, -0.1) is 0 Å². The Bertz CT molecular complexity index is 704. The number of sulfonamides is 1. The van der Waals surface area contributed by atoms with Crippen LogP contribution in [0.5, 0.6) is 0 Å². The van der Waals surface area contributed by atoms with Crippen LogP contribution in [0.4, 0.5) is 0 Å². The first kappa shape index (κ1) is 19.4. The second-order valence-electron chi connectivity index (χ2n) is 4.60. The van der Waals surface area contributed by atoms with Crippen LogP contribution >= 0.6 is 11.6 Å². The maximum absolute atomic E-state index is 12.1. The van der Waals surface area contributed by atoms with Gasteiger partial charge in [0.25, 0.3) is 15.9 Å². The van der Waals surface area contributed by atoms with Gasteiger partial charge in [-0.05, 0) is 18.2 Å². The minimum absolute atomic E-state index is 0.00585. The van der Waals surface area contributed by atoms with Crippen LogP contribution in [-0.2, 0) is 24.4 Å². The molecule has 10 heteroatoms. The van der Waals surface area contributed by atoms with E-state index in [2.05, 4.69) is 4.84 Å². The Kier molecular flexibility index (Phi) is 6.51. The first-order valence-corrected chi connectivity index (χ1v) is 8.13. The van der Waals surface area contributed by atoms with Crippen molar-refractivity contribution >= 4 is 33.5 Å². The van der Waals surface area contributed by atoms with Crippen LogP contribution in [0.15, 0.2) is 23.1 Å². The zero-order valence-electron chi connectivity index (χ0n) is 13.1. The molecule has 0 N–H and O–H groups in total. The van der Waals surface area contributed by atoms with E-state index in [0.29, 0.717) is 4.47 Å². The summed E-state index contributed by atoms with van der Waals surface area (Å²) in [5.74, 6) is -1.32. The van der Waals surface area contributed by atoms with Gasteiger partial charge < -0.3 is 9.64 Å². The molecule has 0 fully saturated rings. The van der Waals surface area contributed by atoms with Gasteiger partial charge in [-0.2, -0.15) is 0 Å². The first-order valence-electron chi connectivity index (χ1n) is 6.31. The number of amides is 1. The van der Waals surface area contributed by atoms with Crippen molar-refractivity contribution in [2.24, 2.45) is 0 Å². The second-order valence-corrected chi connectivity index (χ2v) is 6.95. The molecule has 0 atom stereocenters. The summed E-state index contributed by atoms with van der Waals surface area (Å²) >= 11 is 5.90. The smallest absolute Gasteiger partial charge is 0.340 e. The van der Waals surface area contributed by atoms with E-state index in [-0.39, 0.29) is 15.5 Å². The molecule has 0 radical (unpaired) electrons. The standard InChI is InChI=1S/C13H17ClN2O6S/c1-15(2)12(17)8-22-13(18)10-7-9(5-6-11(10)14)23(19,20)16(3)21-4/h5-7H,8H2,1-4H3. The van der Waals surface area contributed by atoms with Crippen molar-refractivity contribution in [1.82, 2.24) is 9.37 Å². The lowest BCUT2D eigenvalue weighted by molar-refractivity contribution is -0.131. The number of ether oxygens (including phenoxy) is 1. The molecule has 23 heavy (non-hydrogen) atoms. The predicted octanol–water partition coefficient (Wildman–Crippen LogP) is 0.767. The fraction of sp³-hybridized carbons (Fsp3) is 0.385. The number of carbonyl (C=O) groups is 2. The minimum Gasteiger partial charge on any atom is -0.452 e. The van der Waals surface area contributed by atoms with E-state index in [1.165, 1.54) is 45.3 Å². The highest BCUT2D eigenvalue weighted by Gasteiger charge is 2.24. The van der Waals surface area contributed by atoms with Crippen LogP contribution in [0.1, 0.15) is 10.4 Å². The molecule has 1 rings (SSSR count). The second kappa shape index (κ2) is 7.73. The van der Waals surface area contributed by atoms with Gasteiger partial charge in [0.1, 0.15) is 0 Å². The molecule has 0 aliphatic carbocycles. The summed E-state index contributed by atoms with van der Waals surface area (Å²) in [6, 6.07) is 3.55. The van der Waals surface area contributed by atoms with Gasteiger partial charge in [0, 0.05) is 21.1 Å². The molecule has 0 aliphatic rings. The highest BCUT2D eigenvalue weighted by atomic mass is 35.5. The number of halogens is 1. The Labute approximate surface area is 139 Å². The molecule has 0 heterocycles. The lowest BCUT2D eigenvalue weighted by atomic mass is 10.2. The van der Waals surface area contributed by atoms with Gasteiger partial charge in [0.2, 0.25) is 0 Å². The van der Waals surface area contributed by atoms with Crippen LogP contribution in [0.3, 0.4) is 0 Å². The Morgan fingerprint density at radius 2 is 1.83 bits per heavy atom. The summed E-state index contributed by atoms with van der Waals surface area (Å²) in [7, 11) is 1.48. The van der Waals surface area contributed by atoms with E-state index in [4.69, 9.17) is 16.3 Å². The molecule has 1 aromatic carbocycles. The SMILES string of the molecule is CON(C)S(=O)(=O)c1ccc(Cl)c(C(=O)OCC(=O)N(C)C)c1. The monoisotopic (exact) mass is 364 g/mol. The summed E-state index contributed by atoms with van der Waals surface area (Å²) < 4.78 is 29.8. The largest absolute Gasteiger partial charge is 0.452 e. The van der Waals surface area contributed by atoms with Gasteiger partial charge in [-0.3, -0.25) is 9.63 Å². The Morgan fingerprint density at radius 1 is 1.22 bits per heavy atom. The summed E-state index contributed by atoms with van der Waals surface area (Å²) in [4.78, 5) is 29.1. The number of likely N-dealkylation sites (N-methyl/N-ethyl adjacent to an activating group) is 1. The molecule has 1 aromatic rings. The number of hydroxylamine groups is 1. The van der Waals surface area contributed by atoms with Crippen molar-refractivity contribution in [1.29, 1.82) is 0 Å². The fourth-order valence-electron chi connectivity index (χ4n) is 1.40. The normalized spacial score (nSPS) is 11.4. The molecule has 0 aliphatic heterocycles. The van der Waals surface area contributed by atoms with Gasteiger partial charge in [-0.25, -0.2) is 13.2 Å². The van der Waals surface area contributed by atoms with E-state index < -0.39 is 28.5 Å². The van der Waals surface area contributed by atoms with E-state index >= 15 is 0 Å². The molecule has 0 saturated heterocycles. The van der Waals surface area contributed by atoms with Crippen LogP contribution in [-0.4, -0.2) is 64.5 Å². The number of benzene rings is 1. The lowest BCUT2D eigenvalue weighted by Crippen LogP contribution is -2.28. The molecule has 8 nitrogen and oxygen atoms in total. The number of hydrogen-bond acceptors (Lipinski definition) is 6. The van der Waals surface area contributed by atoms with E-state index in [9.17, 15) is 18.0 Å². The fourth-order valence-corrected chi connectivity index (χ4v) is 2.60. The zero-order valence-corrected chi connectivity index (χ0v) is 14.6. The summed E-state index contributed by atoms with van der Waals surface area (Å²) in [6.45, 7) is -0.475. The van der Waals surface area contributed by atoms with Crippen molar-refractivity contribution in [3.63, 3.8) is 0 Å². The van der Waals surface area contributed by atoms with Crippen LogP contribution in [0.2, 0.25) is 5.02 Å². The molecule has 0 spiro atoms. The molecule has 0 bridgehead atoms. The lowest BCUT2D eigenvalue weighted by Gasteiger charge is -2.15. The summed E-state index contributed by atoms with van der Waals surface area (Å²) in [5, 5.41) is 0.00585. The highest BCUT2D eigenvalue weighted by Crippen LogP contribution is 2.23. The van der Waals surface area contributed by atoms with Gasteiger partial charge >= 0.3 is 5.97 Å². The van der Waals surface area contributed by atoms with Crippen LogP contribution in [0, 0.1) is 0 Å². The number of nitrogens with zero attached hydrogens (tertiary/aromatic N) is 2. The van der Waals surface area contributed by atoms with Crippen LogP contribution in [0.25, 0.3) is 0 Å². The summed E-state index contributed by atoms with van der Waals surface area (Å²) in [6.07, 6.45) is 0. The third-order valence-electron chi connectivity index (χ3n) is 2.88. The number of rotatable bonds is 6. The Hall–Kier alpha value is -1.68. The average molecular weight is 365 g/mol. The van der Waals surface area contributed by atoms with Crippen molar-refractivity contribution < 1.29 is 27.6 Å². The quantitative estimate of drug-likeness (QED) is 0.546. The van der Waals surface area contributed by atoms with Gasteiger partial charge in [-0.1, -0.05) is 16.1 Å². The topological polar surface area (TPSA) is 93.2 Å². The van der Waals surface area contributed by atoms with E-state index in [1.807, 2.05) is 0 Å². The molecule has 128 valence electrons. The van der Waals surface area contributed by atoms with Crippen LogP contribution < -0.4 is 0 Å². The maximum atomic E-state index is 12.1. The van der Waals surface area contributed by atoms with Crippen molar-refractivity contribution in [2.75, 3.05) is 34.9 Å². The summed E-state index contributed by atoms with van der Waals surface area (Å²) in [5.41, 5.74) is -0.163. The molecule has 1 amide bonds. The molecule has 0 unspecified atom stereocenters. The Morgan fingerprint density at radius 3 is 2.35 bits per heavy atom. The highest BCUT2D eigenvalue weighted by molar-refractivity contribution is 7.89. The van der Waals surface area contributed by atoms with Gasteiger partial charge in [0.05, 0.1) is 22.6 Å². The maximum Gasteiger partial charge on any atom is 0.340 e.